The molecule has 0 fully saturated rings. The van der Waals surface area contributed by atoms with Crippen LogP contribution in [0, 0.1) is 0 Å². The van der Waals surface area contributed by atoms with Gasteiger partial charge in [0.25, 0.3) is 0 Å². The van der Waals surface area contributed by atoms with Crippen molar-refractivity contribution >= 4 is 11.9 Å². The molecule has 0 amide bonds. The fraction of sp³-hybridized carbons (Fsp3) is 0.667. The number of carbonyl (C=O) groups excluding carboxylic acids is 2. The van der Waals surface area contributed by atoms with Gasteiger partial charge in [-0.3, -0.25) is 0 Å². The topological polar surface area (TPSA) is 96.9 Å². The Bertz CT molecular complexity index is 157. The molecule has 0 radical (unpaired) electrons. The summed E-state index contributed by atoms with van der Waals surface area (Å²) < 4.78 is 0. The minimum atomic E-state index is -1.24. The van der Waals surface area contributed by atoms with Gasteiger partial charge in [-0.05, 0) is 6.42 Å². The minimum absolute atomic E-state index is 0.0428. The van der Waals surface area contributed by atoms with Gasteiger partial charge in [0, 0.05) is 12.4 Å². The maximum atomic E-state index is 10.2. The van der Waals surface area contributed by atoms with Crippen LogP contribution >= 0.6 is 0 Å². The van der Waals surface area contributed by atoms with Crippen LogP contribution in [-0.2, 0) is 9.59 Å². The number of rotatable bonds is 5. The summed E-state index contributed by atoms with van der Waals surface area (Å²) in [6.07, 6.45) is -0.204. The summed E-state index contributed by atoms with van der Waals surface area (Å²) in [5.41, 5.74) is 0. The van der Waals surface area contributed by atoms with Crippen molar-refractivity contribution in [1.82, 2.24) is 0 Å². The molecule has 0 aromatic rings. The van der Waals surface area contributed by atoms with E-state index in [0.717, 1.165) is 0 Å². The molecule has 1 atom stereocenters. The highest BCUT2D eigenvalue weighted by Gasteiger charge is 2.09. The molecule has 0 spiro atoms. The summed E-state index contributed by atoms with van der Waals surface area (Å²) >= 11 is 0. The van der Waals surface area contributed by atoms with Gasteiger partial charge >= 0.3 is 0 Å². The zero-order valence-electron chi connectivity index (χ0n) is 6.20. The summed E-state index contributed by atoms with van der Waals surface area (Å²) in [6.45, 7) is 0. The van der Waals surface area contributed by atoms with Crippen LogP contribution in [0.4, 0.5) is 0 Å². The quantitative estimate of drug-likeness (QED) is 0.441. The lowest BCUT2D eigenvalue weighted by Crippen LogP contribution is -2.89. The summed E-state index contributed by atoms with van der Waals surface area (Å²) in [5.74, 6) is -2.48. The van der Waals surface area contributed by atoms with E-state index >= 15 is 0 Å². The number of carboxylic acid groups (broad SMARTS) is 2. The van der Waals surface area contributed by atoms with Crippen LogP contribution in [0.2, 0.25) is 0 Å². The average molecular weight is 160 g/mol. The van der Waals surface area contributed by atoms with Crippen LogP contribution in [0.5, 0.6) is 0 Å². The molecule has 0 bridgehead atoms. The lowest BCUT2D eigenvalue weighted by molar-refractivity contribution is -0.658. The largest absolute Gasteiger partial charge is 0.550 e. The molecule has 0 saturated carbocycles. The van der Waals surface area contributed by atoms with Crippen LogP contribution in [0.1, 0.15) is 12.8 Å². The van der Waals surface area contributed by atoms with E-state index in [4.69, 9.17) is 0 Å². The first-order chi connectivity index (χ1) is 5.07. The third kappa shape index (κ3) is 4.32. The Hall–Kier alpha value is -1.10. The van der Waals surface area contributed by atoms with Crippen molar-refractivity contribution in [2.45, 2.75) is 18.9 Å². The molecule has 64 valence electrons. The maximum absolute atomic E-state index is 10.2. The second kappa shape index (κ2) is 4.68. The van der Waals surface area contributed by atoms with Crippen molar-refractivity contribution in [2.75, 3.05) is 7.05 Å². The summed E-state index contributed by atoms with van der Waals surface area (Å²) in [6, 6.07) is -0.784. The highest BCUT2D eigenvalue weighted by molar-refractivity contribution is 5.71. The molecule has 0 aromatic heterocycles. The van der Waals surface area contributed by atoms with Crippen LogP contribution in [0.15, 0.2) is 0 Å². The number of hydrogen-bond donors (Lipinski definition) is 1. The first-order valence-electron chi connectivity index (χ1n) is 3.28. The molecule has 0 aromatic carbocycles. The van der Waals surface area contributed by atoms with Gasteiger partial charge in [-0.15, -0.1) is 0 Å². The number of quaternary nitrogens is 1. The van der Waals surface area contributed by atoms with E-state index in [2.05, 4.69) is 0 Å². The first kappa shape index (κ1) is 9.90. The van der Waals surface area contributed by atoms with E-state index in [9.17, 15) is 19.8 Å². The molecule has 2 N–H and O–H groups in total. The second-order valence-corrected chi connectivity index (χ2v) is 2.17. The fourth-order valence-corrected chi connectivity index (χ4v) is 0.694. The van der Waals surface area contributed by atoms with Crippen molar-refractivity contribution in [3.05, 3.63) is 0 Å². The van der Waals surface area contributed by atoms with Crippen LogP contribution in [0.3, 0.4) is 0 Å². The molecular formula is C6H10NO4-. The lowest BCUT2D eigenvalue weighted by Gasteiger charge is -2.13. The Kier molecular flexibility index (Phi) is 4.21. The van der Waals surface area contributed by atoms with Gasteiger partial charge < -0.3 is 25.1 Å². The number of carbonyl (C=O) groups is 2. The SMILES string of the molecule is C[NH2+][C@@H](CCC(=O)[O-])C(=O)[O-]. The molecule has 0 rings (SSSR count). The molecular weight excluding hydrogens is 150 g/mol. The predicted molar refractivity (Wildman–Crippen MR) is 30.9 cm³/mol. The molecule has 0 aliphatic heterocycles. The molecule has 0 heterocycles. The number of likely N-dealkylation sites (N-methyl/N-ethyl adjacent to an activating group) is 1. The van der Waals surface area contributed by atoms with Crippen molar-refractivity contribution < 1.29 is 25.1 Å². The zero-order valence-corrected chi connectivity index (χ0v) is 6.20. The van der Waals surface area contributed by atoms with Gasteiger partial charge in [0.05, 0.1) is 13.0 Å². The van der Waals surface area contributed by atoms with Gasteiger partial charge in [0.2, 0.25) is 0 Å². The van der Waals surface area contributed by atoms with E-state index in [-0.39, 0.29) is 12.8 Å². The fourth-order valence-electron chi connectivity index (χ4n) is 0.694. The van der Waals surface area contributed by atoms with E-state index < -0.39 is 18.0 Å². The number of aliphatic carboxylic acids is 2. The summed E-state index contributed by atoms with van der Waals surface area (Å²) in [5, 5.41) is 21.5. The second-order valence-electron chi connectivity index (χ2n) is 2.17. The molecule has 0 aliphatic rings. The van der Waals surface area contributed by atoms with Gasteiger partial charge in [-0.2, -0.15) is 0 Å². The highest BCUT2D eigenvalue weighted by Crippen LogP contribution is 1.89. The third-order valence-corrected chi connectivity index (χ3v) is 1.36. The Morgan fingerprint density at radius 2 is 2.00 bits per heavy atom. The van der Waals surface area contributed by atoms with E-state index in [1.54, 1.807) is 7.05 Å². The molecule has 0 unspecified atom stereocenters. The molecule has 0 aliphatic carbocycles. The van der Waals surface area contributed by atoms with Crippen LogP contribution < -0.4 is 15.5 Å². The Morgan fingerprint density at radius 1 is 1.45 bits per heavy atom. The van der Waals surface area contributed by atoms with Crippen LogP contribution in [-0.4, -0.2) is 25.0 Å². The van der Waals surface area contributed by atoms with Crippen molar-refractivity contribution in [1.29, 1.82) is 0 Å². The van der Waals surface area contributed by atoms with Gasteiger partial charge in [-0.1, -0.05) is 0 Å². The normalized spacial score (nSPS) is 12.5. The molecule has 5 heteroatoms. The number of carboxylic acids is 2. The standard InChI is InChI=1S/C6H11NO4/c1-7-4(6(10)11)2-3-5(8)9/h4,7H,2-3H2,1H3,(H,8,9)(H,10,11)/p-1/t4-/m0/s1. The molecule has 11 heavy (non-hydrogen) atoms. The first-order valence-corrected chi connectivity index (χ1v) is 3.28. The maximum Gasteiger partial charge on any atom is 0.126 e. The number of nitrogens with two attached hydrogens (primary N) is 1. The monoisotopic (exact) mass is 160 g/mol. The molecule has 5 nitrogen and oxygen atoms in total. The van der Waals surface area contributed by atoms with Crippen LogP contribution in [0.25, 0.3) is 0 Å². The predicted octanol–water partition coefficient (Wildman–Crippen LogP) is -4.17. The minimum Gasteiger partial charge on any atom is -0.550 e. The Balaban J connectivity index is 3.70. The zero-order chi connectivity index (χ0) is 8.85. The van der Waals surface area contributed by atoms with Gasteiger partial charge in [-0.25, -0.2) is 0 Å². The summed E-state index contributed by atoms with van der Waals surface area (Å²) in [7, 11) is 1.55. The number of hydrogen-bond acceptors (Lipinski definition) is 4. The van der Waals surface area contributed by atoms with Crippen molar-refractivity contribution in [2.24, 2.45) is 0 Å². The lowest BCUT2D eigenvalue weighted by atomic mass is 10.1. The average Bonchev–Trinajstić information content (AvgIpc) is 1.87. The van der Waals surface area contributed by atoms with Gasteiger partial charge in [0.15, 0.2) is 0 Å². The van der Waals surface area contributed by atoms with Crippen molar-refractivity contribution in [3.8, 4) is 0 Å². The highest BCUT2D eigenvalue weighted by atomic mass is 16.4. The van der Waals surface area contributed by atoms with E-state index in [0.29, 0.717) is 0 Å². The van der Waals surface area contributed by atoms with E-state index in [1.165, 1.54) is 5.32 Å². The Morgan fingerprint density at radius 3 is 2.27 bits per heavy atom. The Labute approximate surface area is 64.0 Å². The third-order valence-electron chi connectivity index (χ3n) is 1.36. The van der Waals surface area contributed by atoms with Crippen molar-refractivity contribution in [3.63, 3.8) is 0 Å². The smallest absolute Gasteiger partial charge is 0.126 e. The summed E-state index contributed by atoms with van der Waals surface area (Å²) in [4.78, 5) is 20.1. The van der Waals surface area contributed by atoms with Gasteiger partial charge in [0.1, 0.15) is 6.04 Å². The van der Waals surface area contributed by atoms with E-state index in [1.807, 2.05) is 0 Å². The molecule has 0 saturated heterocycles.